The van der Waals surface area contributed by atoms with Gasteiger partial charge in [0, 0.05) is 11.3 Å². The third-order valence-electron chi connectivity index (χ3n) is 4.76. The first-order valence-corrected chi connectivity index (χ1v) is 10.4. The average molecular weight is 420 g/mol. The van der Waals surface area contributed by atoms with Gasteiger partial charge in [-0.15, -0.1) is 11.3 Å². The first-order chi connectivity index (χ1) is 14.7. The number of thiophene rings is 1. The number of benzene rings is 2. The standard InChI is InChI=1S/C23H21N3O3S/c1-28-19-11-9-18(10-12-19)22-14-21(17-6-3-2-4-7-17)25-26(22)23(27)16-29-24-15-20-8-5-13-30-20/h2-13,15,22H,14,16H2,1H3/b24-15+. The Balaban J connectivity index is 1.51. The Morgan fingerprint density at radius 2 is 1.97 bits per heavy atom. The van der Waals surface area contributed by atoms with Gasteiger partial charge in [-0.25, -0.2) is 5.01 Å². The van der Waals surface area contributed by atoms with Gasteiger partial charge in [-0.1, -0.05) is 53.7 Å². The molecule has 30 heavy (non-hydrogen) atoms. The number of hydrogen-bond acceptors (Lipinski definition) is 6. The molecule has 2 aromatic carbocycles. The van der Waals surface area contributed by atoms with Crippen LogP contribution in [0.4, 0.5) is 0 Å². The van der Waals surface area contributed by atoms with Gasteiger partial charge >= 0.3 is 0 Å². The molecular weight excluding hydrogens is 398 g/mol. The molecule has 2 heterocycles. The Kier molecular flexibility index (Phi) is 6.20. The number of carbonyl (C=O) groups excluding carboxylic acids is 1. The van der Waals surface area contributed by atoms with Crippen molar-refractivity contribution in [1.29, 1.82) is 0 Å². The highest BCUT2D eigenvalue weighted by molar-refractivity contribution is 7.11. The van der Waals surface area contributed by atoms with Crippen LogP contribution in [0.15, 0.2) is 82.4 Å². The first-order valence-electron chi connectivity index (χ1n) is 9.52. The van der Waals surface area contributed by atoms with Gasteiger partial charge in [0.05, 0.1) is 25.1 Å². The van der Waals surface area contributed by atoms with Gasteiger partial charge in [0.1, 0.15) is 5.75 Å². The van der Waals surface area contributed by atoms with E-state index in [0.717, 1.165) is 27.5 Å². The number of nitrogens with zero attached hydrogens (tertiary/aromatic N) is 3. The minimum absolute atomic E-state index is 0.180. The normalized spacial score (nSPS) is 16.0. The van der Waals surface area contributed by atoms with Gasteiger partial charge in [-0.05, 0) is 34.7 Å². The summed E-state index contributed by atoms with van der Waals surface area (Å²) in [6.45, 7) is -0.180. The quantitative estimate of drug-likeness (QED) is 0.419. The van der Waals surface area contributed by atoms with Crippen molar-refractivity contribution in [3.8, 4) is 5.75 Å². The molecule has 0 saturated heterocycles. The third kappa shape index (κ3) is 4.58. The van der Waals surface area contributed by atoms with E-state index < -0.39 is 0 Å². The number of oxime groups is 1. The van der Waals surface area contributed by atoms with Gasteiger partial charge in [-0.3, -0.25) is 4.79 Å². The molecule has 3 aromatic rings. The number of rotatable bonds is 7. The van der Waals surface area contributed by atoms with Crippen molar-refractivity contribution in [2.75, 3.05) is 13.7 Å². The molecule has 0 spiro atoms. The molecule has 1 aliphatic heterocycles. The van der Waals surface area contributed by atoms with Crippen molar-refractivity contribution in [2.24, 2.45) is 10.3 Å². The summed E-state index contributed by atoms with van der Waals surface area (Å²) >= 11 is 1.55. The lowest BCUT2D eigenvalue weighted by Crippen LogP contribution is -2.30. The molecule has 1 unspecified atom stereocenters. The fourth-order valence-electron chi connectivity index (χ4n) is 3.24. The maximum absolute atomic E-state index is 12.9. The Labute approximate surface area is 179 Å². The van der Waals surface area contributed by atoms with Crippen LogP contribution >= 0.6 is 11.3 Å². The van der Waals surface area contributed by atoms with Gasteiger partial charge in [0.15, 0.2) is 6.61 Å². The average Bonchev–Trinajstić information content (AvgIpc) is 3.47. The maximum Gasteiger partial charge on any atom is 0.283 e. The van der Waals surface area contributed by atoms with E-state index in [9.17, 15) is 4.79 Å². The SMILES string of the molecule is COc1ccc(C2CC(c3ccccc3)=NN2C(=O)CO/N=C/c2cccs2)cc1. The summed E-state index contributed by atoms with van der Waals surface area (Å²) in [6, 6.07) is 21.2. The Hall–Kier alpha value is -3.45. The zero-order valence-corrected chi connectivity index (χ0v) is 17.3. The van der Waals surface area contributed by atoms with Gasteiger partial charge < -0.3 is 9.57 Å². The number of ether oxygens (including phenoxy) is 1. The van der Waals surface area contributed by atoms with E-state index in [4.69, 9.17) is 9.57 Å². The van der Waals surface area contributed by atoms with Crippen LogP contribution in [0.5, 0.6) is 5.75 Å². The molecule has 4 rings (SSSR count). The number of methoxy groups -OCH3 is 1. The van der Waals surface area contributed by atoms with Crippen molar-refractivity contribution in [1.82, 2.24) is 5.01 Å². The van der Waals surface area contributed by atoms with Crippen molar-refractivity contribution in [2.45, 2.75) is 12.5 Å². The third-order valence-corrected chi connectivity index (χ3v) is 5.57. The monoisotopic (exact) mass is 419 g/mol. The van der Waals surface area contributed by atoms with Crippen molar-refractivity contribution >= 4 is 29.2 Å². The highest BCUT2D eigenvalue weighted by Gasteiger charge is 2.33. The Morgan fingerprint density at radius 3 is 2.67 bits per heavy atom. The lowest BCUT2D eigenvalue weighted by atomic mass is 9.98. The molecule has 1 aromatic heterocycles. The highest BCUT2D eigenvalue weighted by atomic mass is 32.1. The van der Waals surface area contributed by atoms with Gasteiger partial charge in [-0.2, -0.15) is 5.10 Å². The van der Waals surface area contributed by atoms with Crippen LogP contribution in [0.3, 0.4) is 0 Å². The molecule has 0 aliphatic carbocycles. The molecule has 1 atom stereocenters. The molecular formula is C23H21N3O3S. The molecule has 0 bridgehead atoms. The molecule has 1 aliphatic rings. The number of hydrogen-bond donors (Lipinski definition) is 0. The van der Waals surface area contributed by atoms with Crippen LogP contribution in [0.1, 0.15) is 28.5 Å². The summed E-state index contributed by atoms with van der Waals surface area (Å²) in [4.78, 5) is 19.1. The van der Waals surface area contributed by atoms with Crippen LogP contribution in [0.25, 0.3) is 0 Å². The largest absolute Gasteiger partial charge is 0.497 e. The van der Waals surface area contributed by atoms with Crippen LogP contribution in [-0.4, -0.2) is 36.6 Å². The zero-order chi connectivity index (χ0) is 20.8. The van der Waals surface area contributed by atoms with Crippen molar-refractivity contribution < 1.29 is 14.4 Å². The molecule has 152 valence electrons. The topological polar surface area (TPSA) is 63.5 Å². The maximum atomic E-state index is 12.9. The highest BCUT2D eigenvalue weighted by Crippen LogP contribution is 2.33. The van der Waals surface area contributed by atoms with Crippen LogP contribution < -0.4 is 4.74 Å². The van der Waals surface area contributed by atoms with Gasteiger partial charge in [0.2, 0.25) is 0 Å². The predicted octanol–water partition coefficient (Wildman–Crippen LogP) is 4.49. The smallest absolute Gasteiger partial charge is 0.283 e. The summed E-state index contributed by atoms with van der Waals surface area (Å²) < 4.78 is 5.25. The fraction of sp³-hybridized carbons (Fsp3) is 0.174. The molecule has 0 radical (unpaired) electrons. The van der Waals surface area contributed by atoms with Crippen molar-refractivity contribution in [3.63, 3.8) is 0 Å². The molecule has 0 fully saturated rings. The van der Waals surface area contributed by atoms with Crippen LogP contribution in [0, 0.1) is 0 Å². The second-order valence-corrected chi connectivity index (χ2v) is 7.65. The second kappa shape index (κ2) is 9.37. The zero-order valence-electron chi connectivity index (χ0n) is 16.5. The first kappa shape index (κ1) is 19.8. The van der Waals surface area contributed by atoms with E-state index in [0.29, 0.717) is 6.42 Å². The minimum Gasteiger partial charge on any atom is -0.497 e. The lowest BCUT2D eigenvalue weighted by molar-refractivity contribution is -0.137. The van der Waals surface area contributed by atoms with E-state index in [1.54, 1.807) is 24.7 Å². The van der Waals surface area contributed by atoms with Crippen LogP contribution in [-0.2, 0) is 9.63 Å². The summed E-state index contributed by atoms with van der Waals surface area (Å²) in [5, 5.41) is 12.0. The summed E-state index contributed by atoms with van der Waals surface area (Å²) in [5.74, 6) is 0.523. The van der Waals surface area contributed by atoms with Gasteiger partial charge in [0.25, 0.3) is 5.91 Å². The Bertz CT molecular complexity index is 1030. The van der Waals surface area contributed by atoms with E-state index in [-0.39, 0.29) is 18.6 Å². The number of carbonyl (C=O) groups is 1. The number of hydrazone groups is 1. The minimum atomic E-state index is -0.245. The second-order valence-electron chi connectivity index (χ2n) is 6.67. The summed E-state index contributed by atoms with van der Waals surface area (Å²) in [6.07, 6.45) is 2.22. The Morgan fingerprint density at radius 1 is 1.17 bits per heavy atom. The molecule has 0 saturated carbocycles. The molecule has 6 nitrogen and oxygen atoms in total. The van der Waals surface area contributed by atoms with E-state index in [1.165, 1.54) is 5.01 Å². The molecule has 1 amide bonds. The molecule has 0 N–H and O–H groups in total. The van der Waals surface area contributed by atoms with E-state index >= 15 is 0 Å². The lowest BCUT2D eigenvalue weighted by Gasteiger charge is -2.21. The predicted molar refractivity (Wildman–Crippen MR) is 118 cm³/mol. The summed E-state index contributed by atoms with van der Waals surface area (Å²) in [5.41, 5.74) is 2.86. The van der Waals surface area contributed by atoms with Crippen molar-refractivity contribution in [3.05, 3.63) is 88.1 Å². The van der Waals surface area contributed by atoms with E-state index in [2.05, 4.69) is 10.3 Å². The van der Waals surface area contributed by atoms with E-state index in [1.807, 2.05) is 72.1 Å². The van der Waals surface area contributed by atoms with Crippen LogP contribution in [0.2, 0.25) is 0 Å². The summed E-state index contributed by atoms with van der Waals surface area (Å²) in [7, 11) is 1.63. The fourth-order valence-corrected chi connectivity index (χ4v) is 3.82. The number of amides is 1. The molecule has 7 heteroatoms.